The van der Waals surface area contributed by atoms with Crippen LogP contribution in [0.4, 0.5) is 5.69 Å². The monoisotopic (exact) mass is 484 g/mol. The molecule has 2 N–H and O–H groups in total. The number of rotatable bonds is 10. The number of methoxy groups -OCH3 is 1. The Bertz CT molecular complexity index is 1290. The van der Waals surface area contributed by atoms with Crippen LogP contribution >= 0.6 is 11.6 Å². The number of nitrogens with zero attached hydrogens (tertiary/aromatic N) is 5. The van der Waals surface area contributed by atoms with Crippen LogP contribution in [-0.2, 0) is 11.3 Å². The number of anilines is 1. The minimum atomic E-state index is -0.841. The number of hydrogen-bond acceptors (Lipinski definition) is 7. The van der Waals surface area contributed by atoms with Crippen molar-refractivity contribution < 1.29 is 19.4 Å². The summed E-state index contributed by atoms with van der Waals surface area (Å²) in [7, 11) is 1.56. The lowest BCUT2D eigenvalue weighted by molar-refractivity contribution is -0.0996. The van der Waals surface area contributed by atoms with Gasteiger partial charge in [0.05, 0.1) is 30.9 Å². The van der Waals surface area contributed by atoms with Gasteiger partial charge in [0.1, 0.15) is 11.3 Å². The summed E-state index contributed by atoms with van der Waals surface area (Å²) in [4.78, 5) is 17.4. The summed E-state index contributed by atoms with van der Waals surface area (Å²) in [6.07, 6.45) is 6.57. The first-order chi connectivity index (χ1) is 16.5. The van der Waals surface area contributed by atoms with Gasteiger partial charge in [0.15, 0.2) is 11.9 Å². The molecule has 10 nitrogen and oxygen atoms in total. The molecule has 0 bridgehead atoms. The van der Waals surface area contributed by atoms with Gasteiger partial charge in [-0.15, -0.1) is 0 Å². The van der Waals surface area contributed by atoms with Crippen LogP contribution in [0, 0.1) is 0 Å². The number of halogens is 1. The van der Waals surface area contributed by atoms with Crippen LogP contribution in [0.2, 0.25) is 5.02 Å². The fourth-order valence-electron chi connectivity index (χ4n) is 3.66. The molecule has 178 valence electrons. The van der Waals surface area contributed by atoms with Crippen LogP contribution in [-0.4, -0.2) is 55.4 Å². The number of hydrogen-bond donors (Lipinski definition) is 2. The molecule has 4 rings (SSSR count). The number of amides is 1. The molecule has 0 aliphatic carbocycles. The summed E-state index contributed by atoms with van der Waals surface area (Å²) < 4.78 is 14.0. The van der Waals surface area contributed by atoms with Crippen LogP contribution in [0.1, 0.15) is 30.1 Å². The normalized spacial score (nSPS) is 12.1. The van der Waals surface area contributed by atoms with Crippen molar-refractivity contribution in [2.24, 2.45) is 0 Å². The minimum absolute atomic E-state index is 0.331. The second-order valence-electron chi connectivity index (χ2n) is 7.43. The predicted octanol–water partition coefficient (Wildman–Crippen LogP) is 3.64. The number of aliphatic hydroxyl groups is 1. The highest BCUT2D eigenvalue weighted by atomic mass is 35.5. The quantitative estimate of drug-likeness (QED) is 0.330. The molecule has 1 unspecified atom stereocenters. The Balaban J connectivity index is 1.67. The summed E-state index contributed by atoms with van der Waals surface area (Å²) >= 11 is 6.29. The van der Waals surface area contributed by atoms with Crippen molar-refractivity contribution >= 4 is 28.8 Å². The Morgan fingerprint density at radius 3 is 2.94 bits per heavy atom. The zero-order valence-electron chi connectivity index (χ0n) is 18.8. The molecule has 3 heterocycles. The van der Waals surface area contributed by atoms with Gasteiger partial charge < -0.3 is 19.9 Å². The first kappa shape index (κ1) is 23.7. The molecule has 0 aliphatic heterocycles. The molecule has 34 heavy (non-hydrogen) atoms. The van der Waals surface area contributed by atoms with Crippen molar-refractivity contribution in [3.63, 3.8) is 0 Å². The molecule has 0 saturated carbocycles. The van der Waals surface area contributed by atoms with E-state index in [1.807, 2.05) is 6.92 Å². The molecule has 0 fully saturated rings. The smallest absolute Gasteiger partial charge is 0.261 e. The van der Waals surface area contributed by atoms with Gasteiger partial charge in [0, 0.05) is 36.1 Å². The molecular formula is C23H25ClN6O4. The topological polar surface area (TPSA) is 116 Å². The van der Waals surface area contributed by atoms with E-state index in [0.717, 1.165) is 0 Å². The Kier molecular flexibility index (Phi) is 7.41. The van der Waals surface area contributed by atoms with E-state index in [-0.39, 0.29) is 5.91 Å². The van der Waals surface area contributed by atoms with Crippen LogP contribution in [0.15, 0.2) is 49.1 Å². The molecule has 1 aromatic carbocycles. The third-order valence-electron chi connectivity index (χ3n) is 5.21. The average molecular weight is 485 g/mol. The van der Waals surface area contributed by atoms with Crippen molar-refractivity contribution in [3.8, 4) is 17.0 Å². The summed E-state index contributed by atoms with van der Waals surface area (Å²) in [5, 5.41) is 22.0. The number of aryl methyl sites for hydroxylation is 1. The van der Waals surface area contributed by atoms with Gasteiger partial charge in [-0.2, -0.15) is 10.2 Å². The molecule has 1 atom stereocenters. The van der Waals surface area contributed by atoms with Crippen molar-refractivity contribution in [3.05, 3.63) is 59.6 Å². The Hall–Kier alpha value is -3.47. The molecule has 0 spiro atoms. The molecule has 0 aliphatic rings. The van der Waals surface area contributed by atoms with Gasteiger partial charge in [-0.25, -0.2) is 9.50 Å². The number of fused-ring (bicyclic) bond motifs is 1. The highest BCUT2D eigenvalue weighted by Crippen LogP contribution is 2.37. The van der Waals surface area contributed by atoms with Crippen LogP contribution in [0.5, 0.6) is 5.75 Å². The average Bonchev–Trinajstić information content (AvgIpc) is 3.43. The molecule has 4 aromatic rings. The van der Waals surface area contributed by atoms with E-state index in [0.29, 0.717) is 64.9 Å². The lowest BCUT2D eigenvalue weighted by atomic mass is 10.1. The summed E-state index contributed by atoms with van der Waals surface area (Å²) in [6, 6.07) is 6.98. The van der Waals surface area contributed by atoms with E-state index in [4.69, 9.17) is 21.1 Å². The van der Waals surface area contributed by atoms with Gasteiger partial charge in [-0.1, -0.05) is 11.6 Å². The summed E-state index contributed by atoms with van der Waals surface area (Å²) in [5.41, 5.74) is 2.55. The number of carbonyl (C=O) groups is 1. The molecule has 3 aromatic heterocycles. The molecule has 1 amide bonds. The molecular weight excluding hydrogens is 460 g/mol. The Morgan fingerprint density at radius 2 is 2.15 bits per heavy atom. The van der Waals surface area contributed by atoms with E-state index in [9.17, 15) is 9.90 Å². The van der Waals surface area contributed by atoms with Crippen molar-refractivity contribution in [1.29, 1.82) is 0 Å². The Labute approximate surface area is 201 Å². The van der Waals surface area contributed by atoms with Crippen molar-refractivity contribution in [2.75, 3.05) is 19.0 Å². The van der Waals surface area contributed by atoms with Crippen LogP contribution < -0.4 is 10.1 Å². The second kappa shape index (κ2) is 10.6. The molecule has 11 heteroatoms. The minimum Gasteiger partial charge on any atom is -0.496 e. The first-order valence-corrected chi connectivity index (χ1v) is 11.2. The molecule has 0 saturated heterocycles. The zero-order valence-corrected chi connectivity index (χ0v) is 19.6. The first-order valence-electron chi connectivity index (χ1n) is 10.8. The SMILES string of the molecule is CCOC(O)CCCn1ncc(NC(=O)c2cnn3cccnc23)c1-c1cc(Cl)ccc1OC. The number of aromatic nitrogens is 5. The predicted molar refractivity (Wildman–Crippen MR) is 127 cm³/mol. The number of ether oxygens (including phenoxy) is 2. The third-order valence-corrected chi connectivity index (χ3v) is 5.44. The Morgan fingerprint density at radius 1 is 1.29 bits per heavy atom. The second-order valence-corrected chi connectivity index (χ2v) is 7.86. The van der Waals surface area contributed by atoms with Gasteiger partial charge in [0.25, 0.3) is 5.91 Å². The van der Waals surface area contributed by atoms with Crippen molar-refractivity contribution in [1.82, 2.24) is 24.4 Å². The zero-order chi connectivity index (χ0) is 24.1. The number of nitrogens with one attached hydrogen (secondary N) is 1. The maximum absolute atomic E-state index is 13.1. The van der Waals surface area contributed by atoms with Crippen LogP contribution in [0.3, 0.4) is 0 Å². The van der Waals surface area contributed by atoms with Crippen LogP contribution in [0.25, 0.3) is 16.9 Å². The fraction of sp³-hybridized carbons (Fsp3) is 0.304. The summed E-state index contributed by atoms with van der Waals surface area (Å²) in [5.74, 6) is 0.205. The fourth-order valence-corrected chi connectivity index (χ4v) is 3.84. The van der Waals surface area contributed by atoms with Gasteiger partial charge in [0.2, 0.25) is 0 Å². The van der Waals surface area contributed by atoms with Gasteiger partial charge in [-0.05, 0) is 44.0 Å². The number of aliphatic hydroxyl groups excluding tert-OH is 1. The largest absolute Gasteiger partial charge is 0.496 e. The summed E-state index contributed by atoms with van der Waals surface area (Å²) in [6.45, 7) is 2.74. The van der Waals surface area contributed by atoms with E-state index in [1.54, 1.807) is 54.6 Å². The molecule has 0 radical (unpaired) electrons. The number of benzene rings is 1. The number of carbonyl (C=O) groups excluding carboxylic acids is 1. The highest BCUT2D eigenvalue weighted by Gasteiger charge is 2.21. The third kappa shape index (κ3) is 5.04. The van der Waals surface area contributed by atoms with E-state index in [2.05, 4.69) is 20.5 Å². The van der Waals surface area contributed by atoms with Gasteiger partial charge >= 0.3 is 0 Å². The maximum Gasteiger partial charge on any atom is 0.261 e. The maximum atomic E-state index is 13.1. The standard InChI is InChI=1S/C23H25ClN6O4/c1-3-34-20(31)6-4-10-29-21(16-12-15(24)7-8-19(16)33-2)18(14-27-29)28-23(32)17-13-26-30-11-5-9-25-22(17)30/h5,7-9,11-14,20,31H,3-4,6,10H2,1-2H3,(H,28,32). The lowest BCUT2D eigenvalue weighted by Crippen LogP contribution is -2.14. The van der Waals surface area contributed by atoms with E-state index in [1.165, 1.54) is 10.7 Å². The van der Waals surface area contributed by atoms with E-state index >= 15 is 0 Å². The van der Waals surface area contributed by atoms with Gasteiger partial charge in [-0.3, -0.25) is 9.48 Å². The highest BCUT2D eigenvalue weighted by molar-refractivity contribution is 6.31. The van der Waals surface area contributed by atoms with E-state index < -0.39 is 6.29 Å². The lowest BCUT2D eigenvalue weighted by Gasteiger charge is -2.15. The van der Waals surface area contributed by atoms with Crippen molar-refractivity contribution in [2.45, 2.75) is 32.6 Å².